The van der Waals surface area contributed by atoms with Crippen LogP contribution in [0, 0.1) is 5.82 Å². The Balaban J connectivity index is 1.58. The third kappa shape index (κ3) is 7.47. The summed E-state index contributed by atoms with van der Waals surface area (Å²) < 4.78 is 13.2. The minimum absolute atomic E-state index is 0.0282. The minimum atomic E-state index is -0.369. The standard InChI is InChI=1S/C23H27FN4O3/c24-18-10-8-17(9-11-18)15-28(16-22(30)26-19-5-1-2-6-19)23(31)13-12-21(29)27-20-7-3-4-14-25-20/h3-4,7-11,14,19H,1-2,5-6,12-13,15-16H2,(H,26,30)(H,25,27,29). The van der Waals surface area contributed by atoms with E-state index < -0.39 is 0 Å². The summed E-state index contributed by atoms with van der Waals surface area (Å²) in [5.41, 5.74) is 0.710. The summed E-state index contributed by atoms with van der Waals surface area (Å²) >= 11 is 0. The van der Waals surface area contributed by atoms with Crippen molar-refractivity contribution in [1.82, 2.24) is 15.2 Å². The molecule has 1 saturated carbocycles. The Labute approximate surface area is 181 Å². The second kappa shape index (κ2) is 11.2. The van der Waals surface area contributed by atoms with Crippen LogP contribution in [-0.4, -0.2) is 40.2 Å². The van der Waals surface area contributed by atoms with Crippen LogP contribution in [0.5, 0.6) is 0 Å². The Morgan fingerprint density at radius 3 is 2.42 bits per heavy atom. The quantitative estimate of drug-likeness (QED) is 0.645. The van der Waals surface area contributed by atoms with E-state index in [0.717, 1.165) is 25.7 Å². The first kappa shape index (κ1) is 22.4. The number of anilines is 1. The molecule has 1 aliphatic rings. The van der Waals surface area contributed by atoms with Crippen molar-refractivity contribution in [2.45, 2.75) is 51.1 Å². The SMILES string of the molecule is O=C(CCC(=O)N(CC(=O)NC1CCCC1)Cc1ccc(F)cc1)Nc1ccccn1. The summed E-state index contributed by atoms with van der Waals surface area (Å²) in [6.07, 6.45) is 5.57. The molecule has 3 rings (SSSR count). The van der Waals surface area contributed by atoms with Crippen LogP contribution in [0.4, 0.5) is 10.2 Å². The third-order valence-corrected chi connectivity index (χ3v) is 5.19. The van der Waals surface area contributed by atoms with Crippen LogP contribution in [-0.2, 0) is 20.9 Å². The van der Waals surface area contributed by atoms with Crippen LogP contribution in [0.3, 0.4) is 0 Å². The summed E-state index contributed by atoms with van der Waals surface area (Å²) in [5.74, 6) is -0.822. The molecule has 0 unspecified atom stereocenters. The Hall–Kier alpha value is -3.29. The molecule has 0 aliphatic heterocycles. The summed E-state index contributed by atoms with van der Waals surface area (Å²) in [7, 11) is 0. The molecule has 3 amide bonds. The first-order chi connectivity index (χ1) is 15.0. The monoisotopic (exact) mass is 426 g/mol. The number of benzene rings is 1. The molecule has 1 aromatic carbocycles. The molecule has 0 saturated heterocycles. The van der Waals surface area contributed by atoms with Crippen LogP contribution in [0.15, 0.2) is 48.7 Å². The molecule has 2 aromatic rings. The zero-order valence-electron chi connectivity index (χ0n) is 17.4. The van der Waals surface area contributed by atoms with Gasteiger partial charge in [0.15, 0.2) is 0 Å². The number of carbonyl (C=O) groups is 3. The van der Waals surface area contributed by atoms with Gasteiger partial charge in [0.05, 0.1) is 6.54 Å². The molecule has 2 N–H and O–H groups in total. The van der Waals surface area contributed by atoms with Gasteiger partial charge in [-0.3, -0.25) is 14.4 Å². The molecule has 1 aromatic heterocycles. The van der Waals surface area contributed by atoms with E-state index in [1.807, 2.05) is 0 Å². The van der Waals surface area contributed by atoms with Crippen LogP contribution >= 0.6 is 0 Å². The lowest BCUT2D eigenvalue weighted by Crippen LogP contribution is -2.43. The zero-order valence-corrected chi connectivity index (χ0v) is 17.4. The van der Waals surface area contributed by atoms with Gasteiger partial charge in [0.1, 0.15) is 11.6 Å². The molecule has 0 spiro atoms. The number of pyridine rings is 1. The van der Waals surface area contributed by atoms with Gasteiger partial charge in [-0.2, -0.15) is 0 Å². The van der Waals surface area contributed by atoms with Crippen molar-refractivity contribution >= 4 is 23.5 Å². The van der Waals surface area contributed by atoms with Crippen molar-refractivity contribution in [3.05, 3.63) is 60.0 Å². The van der Waals surface area contributed by atoms with Gasteiger partial charge < -0.3 is 15.5 Å². The van der Waals surface area contributed by atoms with E-state index >= 15 is 0 Å². The van der Waals surface area contributed by atoms with Crippen molar-refractivity contribution < 1.29 is 18.8 Å². The molecule has 1 heterocycles. The number of aromatic nitrogens is 1. The molecule has 1 fully saturated rings. The smallest absolute Gasteiger partial charge is 0.239 e. The van der Waals surface area contributed by atoms with Gasteiger partial charge in [-0.1, -0.05) is 31.0 Å². The molecule has 0 radical (unpaired) electrons. The lowest BCUT2D eigenvalue weighted by Gasteiger charge is -2.23. The van der Waals surface area contributed by atoms with Crippen molar-refractivity contribution in [2.75, 3.05) is 11.9 Å². The molecule has 0 bridgehead atoms. The number of carbonyl (C=O) groups excluding carboxylic acids is 3. The first-order valence-electron chi connectivity index (χ1n) is 10.5. The van der Waals surface area contributed by atoms with Crippen LogP contribution < -0.4 is 10.6 Å². The lowest BCUT2D eigenvalue weighted by molar-refractivity contribution is -0.137. The minimum Gasteiger partial charge on any atom is -0.352 e. The second-order valence-corrected chi connectivity index (χ2v) is 7.69. The second-order valence-electron chi connectivity index (χ2n) is 7.69. The summed E-state index contributed by atoms with van der Waals surface area (Å²) in [6.45, 7) is 0.0631. The maximum atomic E-state index is 13.2. The summed E-state index contributed by atoms with van der Waals surface area (Å²) in [5, 5.41) is 5.62. The molecule has 0 atom stereocenters. The van der Waals surface area contributed by atoms with E-state index in [-0.39, 0.29) is 55.5 Å². The average Bonchev–Trinajstić information content (AvgIpc) is 3.26. The summed E-state index contributed by atoms with van der Waals surface area (Å²) in [4.78, 5) is 42.9. The Morgan fingerprint density at radius 2 is 1.74 bits per heavy atom. The van der Waals surface area contributed by atoms with Gasteiger partial charge in [-0.25, -0.2) is 9.37 Å². The largest absolute Gasteiger partial charge is 0.352 e. The van der Waals surface area contributed by atoms with Crippen LogP contribution in [0.1, 0.15) is 44.1 Å². The Kier molecular flexibility index (Phi) is 8.09. The normalized spacial score (nSPS) is 13.6. The third-order valence-electron chi connectivity index (χ3n) is 5.19. The fraction of sp³-hybridized carbons (Fsp3) is 0.391. The van der Waals surface area contributed by atoms with E-state index in [2.05, 4.69) is 15.6 Å². The number of amides is 3. The highest BCUT2D eigenvalue weighted by Gasteiger charge is 2.22. The highest BCUT2D eigenvalue weighted by atomic mass is 19.1. The van der Waals surface area contributed by atoms with Crippen LogP contribution in [0.2, 0.25) is 0 Å². The molecule has 164 valence electrons. The number of hydrogen-bond donors (Lipinski definition) is 2. The maximum absolute atomic E-state index is 13.2. The summed E-state index contributed by atoms with van der Waals surface area (Å²) in [6, 6.07) is 11.1. The molecular weight excluding hydrogens is 399 g/mol. The van der Waals surface area contributed by atoms with Crippen molar-refractivity contribution in [2.24, 2.45) is 0 Å². The molecule has 7 nitrogen and oxygen atoms in total. The molecule has 31 heavy (non-hydrogen) atoms. The van der Waals surface area contributed by atoms with Crippen molar-refractivity contribution in [1.29, 1.82) is 0 Å². The maximum Gasteiger partial charge on any atom is 0.239 e. The predicted octanol–water partition coefficient (Wildman–Crippen LogP) is 3.03. The lowest BCUT2D eigenvalue weighted by atomic mass is 10.2. The van der Waals surface area contributed by atoms with Gasteiger partial charge in [0.2, 0.25) is 17.7 Å². The van der Waals surface area contributed by atoms with Crippen LogP contribution in [0.25, 0.3) is 0 Å². The number of rotatable bonds is 9. The fourth-order valence-corrected chi connectivity index (χ4v) is 3.58. The number of halogens is 1. The van der Waals surface area contributed by atoms with Gasteiger partial charge in [0, 0.05) is 31.6 Å². The highest BCUT2D eigenvalue weighted by molar-refractivity contribution is 5.93. The highest BCUT2D eigenvalue weighted by Crippen LogP contribution is 2.17. The van der Waals surface area contributed by atoms with Gasteiger partial charge in [-0.15, -0.1) is 0 Å². The molecular formula is C23H27FN4O3. The Morgan fingerprint density at radius 1 is 1.00 bits per heavy atom. The van der Waals surface area contributed by atoms with E-state index in [9.17, 15) is 18.8 Å². The Bertz CT molecular complexity index is 883. The zero-order chi connectivity index (χ0) is 22.1. The molecule has 8 heteroatoms. The first-order valence-corrected chi connectivity index (χ1v) is 10.5. The van der Waals surface area contributed by atoms with E-state index in [0.29, 0.717) is 11.4 Å². The number of hydrogen-bond acceptors (Lipinski definition) is 4. The van der Waals surface area contributed by atoms with Gasteiger partial charge in [0.25, 0.3) is 0 Å². The average molecular weight is 426 g/mol. The van der Waals surface area contributed by atoms with E-state index in [1.54, 1.807) is 36.5 Å². The topological polar surface area (TPSA) is 91.4 Å². The van der Waals surface area contributed by atoms with E-state index in [1.165, 1.54) is 17.0 Å². The van der Waals surface area contributed by atoms with Crippen molar-refractivity contribution in [3.63, 3.8) is 0 Å². The number of nitrogens with zero attached hydrogens (tertiary/aromatic N) is 2. The van der Waals surface area contributed by atoms with Gasteiger partial charge >= 0.3 is 0 Å². The fourth-order valence-electron chi connectivity index (χ4n) is 3.58. The van der Waals surface area contributed by atoms with Gasteiger partial charge in [-0.05, 0) is 42.7 Å². The number of nitrogens with one attached hydrogen (secondary N) is 2. The molecule has 1 aliphatic carbocycles. The predicted molar refractivity (Wildman–Crippen MR) is 114 cm³/mol. The van der Waals surface area contributed by atoms with E-state index in [4.69, 9.17) is 0 Å². The van der Waals surface area contributed by atoms with Crippen molar-refractivity contribution in [3.8, 4) is 0 Å².